The Morgan fingerprint density at radius 2 is 1.84 bits per heavy atom. The van der Waals surface area contributed by atoms with Crippen LogP contribution in [0.25, 0.3) is 0 Å². The van der Waals surface area contributed by atoms with Crippen LogP contribution >= 0.6 is 11.9 Å². The summed E-state index contributed by atoms with van der Waals surface area (Å²) in [5.41, 5.74) is 1.17. The van der Waals surface area contributed by atoms with Gasteiger partial charge in [-0.25, -0.2) is 0 Å². The average Bonchev–Trinajstić information content (AvgIpc) is 2.97. The number of halogens is 1. The predicted molar refractivity (Wildman–Crippen MR) is 94.0 cm³/mol. The molecule has 0 N–H and O–H groups in total. The molecule has 0 bridgehead atoms. The molecule has 1 aliphatic heterocycles. The van der Waals surface area contributed by atoms with Crippen molar-refractivity contribution in [3.8, 4) is 23.0 Å². The predicted octanol–water partition coefficient (Wildman–Crippen LogP) is 4.72. The van der Waals surface area contributed by atoms with Crippen molar-refractivity contribution in [3.63, 3.8) is 0 Å². The molecule has 1 aliphatic rings. The van der Waals surface area contributed by atoms with Gasteiger partial charge in [0.25, 0.3) is 0 Å². The first kappa shape index (κ1) is 17.4. The molecule has 3 rings (SSSR count). The van der Waals surface area contributed by atoms with Gasteiger partial charge in [0.15, 0.2) is 6.10 Å². The van der Waals surface area contributed by atoms with Crippen LogP contribution in [0.4, 0.5) is 0 Å². The van der Waals surface area contributed by atoms with Crippen molar-refractivity contribution in [2.45, 2.75) is 26.4 Å². The third kappa shape index (κ3) is 3.51. The van der Waals surface area contributed by atoms with Crippen LogP contribution in [-0.2, 0) is 0 Å². The Kier molecular flexibility index (Phi) is 5.34. The van der Waals surface area contributed by atoms with E-state index in [9.17, 15) is 4.79 Å². The van der Waals surface area contributed by atoms with Crippen LogP contribution in [0.1, 0.15) is 42.3 Å². The van der Waals surface area contributed by atoms with E-state index in [4.69, 9.17) is 26.1 Å². The Bertz CT molecular complexity index is 757. The number of carbonyl (C=O) groups excluding carboxylic acids is 1. The van der Waals surface area contributed by atoms with E-state index in [0.29, 0.717) is 41.8 Å². The highest BCUT2D eigenvalue weighted by Gasteiger charge is 2.37. The van der Waals surface area contributed by atoms with Crippen LogP contribution in [0.5, 0.6) is 23.0 Å². The molecule has 1 heterocycles. The first-order valence-electron chi connectivity index (χ1n) is 8.21. The van der Waals surface area contributed by atoms with E-state index >= 15 is 0 Å². The number of ether oxygens (including phenoxy) is 3. The minimum Gasteiger partial charge on any atom is -0.493 e. The normalized spacial score (nSPS) is 15.5. The van der Waals surface area contributed by atoms with Crippen LogP contribution in [0.3, 0.4) is 0 Å². The molecule has 1 unspecified atom stereocenters. The summed E-state index contributed by atoms with van der Waals surface area (Å²) in [5, 5.41) is 0. The van der Waals surface area contributed by atoms with Gasteiger partial charge in [-0.3, -0.25) is 4.79 Å². The largest absolute Gasteiger partial charge is 0.493 e. The molecule has 6 heteroatoms. The highest BCUT2D eigenvalue weighted by Crippen LogP contribution is 2.44. The highest BCUT2D eigenvalue weighted by molar-refractivity contribution is 6.09. The minimum atomic E-state index is -0.722. The monoisotopic (exact) mass is 362 g/mol. The van der Waals surface area contributed by atoms with Gasteiger partial charge in [-0.15, -0.1) is 0 Å². The molecule has 0 aromatic heterocycles. The van der Waals surface area contributed by atoms with Crippen molar-refractivity contribution in [1.29, 1.82) is 0 Å². The third-order valence-electron chi connectivity index (χ3n) is 3.81. The zero-order valence-corrected chi connectivity index (χ0v) is 14.8. The van der Waals surface area contributed by atoms with Crippen LogP contribution in [0, 0.1) is 0 Å². The fourth-order valence-electron chi connectivity index (χ4n) is 2.70. The second-order valence-corrected chi connectivity index (χ2v) is 5.74. The number of rotatable bonds is 7. The van der Waals surface area contributed by atoms with Crippen LogP contribution in [-0.4, -0.2) is 19.0 Å². The number of hydrogen-bond donors (Lipinski definition) is 0. The Hall–Kier alpha value is -2.40. The number of Topliss-reactive ketones (excluding diaryl/α,β-unsaturated/α-hetero) is 1. The van der Waals surface area contributed by atoms with Gasteiger partial charge in [0.1, 0.15) is 40.4 Å². The van der Waals surface area contributed by atoms with Gasteiger partial charge in [-0.1, -0.05) is 19.1 Å². The summed E-state index contributed by atoms with van der Waals surface area (Å²) >= 11 is 5.33. The summed E-state index contributed by atoms with van der Waals surface area (Å²) in [4.78, 5) is 12.9. The first-order valence-corrected chi connectivity index (χ1v) is 8.51. The number of fused-ring (bicyclic) bond motifs is 1. The number of benzene rings is 2. The van der Waals surface area contributed by atoms with Crippen molar-refractivity contribution in [1.82, 2.24) is 0 Å². The number of ketones is 1. The minimum absolute atomic E-state index is 0.139. The van der Waals surface area contributed by atoms with Crippen molar-refractivity contribution in [3.05, 3.63) is 47.5 Å². The summed E-state index contributed by atoms with van der Waals surface area (Å²) < 4.78 is 21.9. The Labute approximate surface area is 151 Å². The molecule has 0 saturated carbocycles. The Morgan fingerprint density at radius 3 is 2.48 bits per heavy atom. The second kappa shape index (κ2) is 7.66. The van der Waals surface area contributed by atoms with Crippen molar-refractivity contribution < 1.29 is 23.3 Å². The molecule has 25 heavy (non-hydrogen) atoms. The van der Waals surface area contributed by atoms with E-state index < -0.39 is 6.10 Å². The van der Waals surface area contributed by atoms with E-state index in [2.05, 4.69) is 4.29 Å². The van der Waals surface area contributed by atoms with Crippen LogP contribution in [0.2, 0.25) is 0 Å². The lowest BCUT2D eigenvalue weighted by Crippen LogP contribution is -2.11. The fraction of sp³-hybridized carbons (Fsp3) is 0.316. The van der Waals surface area contributed by atoms with Gasteiger partial charge < -0.3 is 18.5 Å². The maximum absolute atomic E-state index is 12.9. The van der Waals surface area contributed by atoms with Gasteiger partial charge >= 0.3 is 0 Å². The summed E-state index contributed by atoms with van der Waals surface area (Å²) in [7, 11) is 0. The molecular weight excluding hydrogens is 344 g/mol. The van der Waals surface area contributed by atoms with Crippen LogP contribution < -0.4 is 18.5 Å². The Balaban J connectivity index is 1.94. The van der Waals surface area contributed by atoms with E-state index in [1.807, 2.05) is 13.8 Å². The maximum Gasteiger partial charge on any atom is 0.215 e. The molecule has 0 spiro atoms. The molecule has 0 aliphatic carbocycles. The Morgan fingerprint density at radius 1 is 1.08 bits per heavy atom. The number of carbonyl (C=O) groups is 1. The van der Waals surface area contributed by atoms with Crippen molar-refractivity contribution in [2.24, 2.45) is 0 Å². The summed E-state index contributed by atoms with van der Waals surface area (Å²) in [6.07, 6.45) is 0.165. The lowest BCUT2D eigenvalue weighted by Gasteiger charge is -2.11. The van der Waals surface area contributed by atoms with E-state index in [1.54, 1.807) is 36.4 Å². The maximum atomic E-state index is 12.9. The van der Waals surface area contributed by atoms with Crippen LogP contribution in [0.15, 0.2) is 36.4 Å². The van der Waals surface area contributed by atoms with E-state index in [-0.39, 0.29) is 5.78 Å². The molecule has 2 aromatic rings. The van der Waals surface area contributed by atoms with Gasteiger partial charge in [-0.05, 0) is 25.5 Å². The zero-order chi connectivity index (χ0) is 17.8. The molecule has 1 atom stereocenters. The third-order valence-corrected chi connectivity index (χ3v) is 3.99. The van der Waals surface area contributed by atoms with Gasteiger partial charge in [0.2, 0.25) is 5.78 Å². The summed E-state index contributed by atoms with van der Waals surface area (Å²) in [6, 6.07) is 10.3. The number of hydrogen-bond acceptors (Lipinski definition) is 5. The first-order chi connectivity index (χ1) is 12.2. The van der Waals surface area contributed by atoms with E-state index in [1.165, 1.54) is 0 Å². The quantitative estimate of drug-likeness (QED) is 0.713. The average molecular weight is 363 g/mol. The molecule has 0 amide bonds. The summed E-state index contributed by atoms with van der Waals surface area (Å²) in [6.45, 7) is 4.93. The fourth-order valence-corrected chi connectivity index (χ4v) is 2.80. The molecule has 0 saturated heterocycles. The smallest absolute Gasteiger partial charge is 0.215 e. The van der Waals surface area contributed by atoms with Gasteiger partial charge in [0.05, 0.1) is 13.2 Å². The molecule has 0 radical (unpaired) electrons. The molecular formula is C19H19ClO5. The molecule has 2 aromatic carbocycles. The SMILES string of the molecule is CCCOc1cc(OCC)c2c(c1)OC(c1ccc(OCl)cc1)C2=O. The molecule has 132 valence electrons. The van der Waals surface area contributed by atoms with Gasteiger partial charge in [-0.2, -0.15) is 0 Å². The lowest BCUT2D eigenvalue weighted by molar-refractivity contribution is 0.0856. The van der Waals surface area contributed by atoms with Crippen molar-refractivity contribution in [2.75, 3.05) is 13.2 Å². The highest BCUT2D eigenvalue weighted by atomic mass is 35.5. The topological polar surface area (TPSA) is 54.0 Å². The molecule has 5 nitrogen and oxygen atoms in total. The zero-order valence-electron chi connectivity index (χ0n) is 14.1. The standard InChI is InChI=1S/C19H19ClO5/c1-3-9-23-14-10-15(22-4-2)17-16(11-14)24-19(18(17)21)12-5-7-13(25-20)8-6-12/h5-8,10-11,19H,3-4,9H2,1-2H3. The lowest BCUT2D eigenvalue weighted by atomic mass is 10.0. The summed E-state index contributed by atoms with van der Waals surface area (Å²) in [5.74, 6) is 1.95. The van der Waals surface area contributed by atoms with Gasteiger partial charge in [0, 0.05) is 17.7 Å². The molecule has 0 fully saturated rings. The van der Waals surface area contributed by atoms with E-state index in [0.717, 1.165) is 12.0 Å². The second-order valence-electron chi connectivity index (χ2n) is 5.58. The van der Waals surface area contributed by atoms with Crippen molar-refractivity contribution >= 4 is 17.6 Å².